The van der Waals surface area contributed by atoms with E-state index in [0.29, 0.717) is 58.0 Å². The number of carbonyl (C=O) groups excluding carboxylic acids is 4. The van der Waals surface area contributed by atoms with Crippen LogP contribution in [-0.4, -0.2) is 103 Å². The molecule has 0 aliphatic carbocycles. The summed E-state index contributed by atoms with van der Waals surface area (Å²) >= 11 is 0. The predicted molar refractivity (Wildman–Crippen MR) is 202 cm³/mol. The van der Waals surface area contributed by atoms with E-state index in [2.05, 4.69) is 46.0 Å². The van der Waals surface area contributed by atoms with Crippen molar-refractivity contribution in [1.29, 1.82) is 0 Å². The topological polar surface area (TPSA) is 170 Å². The highest BCUT2D eigenvalue weighted by Gasteiger charge is 2.15. The maximum absolute atomic E-state index is 13.2. The van der Waals surface area contributed by atoms with Crippen molar-refractivity contribution < 1.29 is 19.2 Å². The van der Waals surface area contributed by atoms with Crippen LogP contribution in [0.4, 0.5) is 11.4 Å². The average Bonchev–Trinajstić information content (AvgIpc) is 3.84. The van der Waals surface area contributed by atoms with Gasteiger partial charge in [0, 0.05) is 62.7 Å². The fraction of sp³-hybridized carbons (Fsp3) is 0.263. The van der Waals surface area contributed by atoms with Crippen LogP contribution in [-0.2, 0) is 0 Å². The molecule has 0 saturated carbocycles. The minimum absolute atomic E-state index is 0.174. The molecule has 3 heterocycles. The van der Waals surface area contributed by atoms with Crippen LogP contribution in [0.1, 0.15) is 54.7 Å². The van der Waals surface area contributed by atoms with Crippen LogP contribution in [0.5, 0.6) is 0 Å². The molecule has 0 aliphatic rings. The molecule has 7 N–H and O–H groups in total. The molecule has 13 nitrogen and oxygen atoms in total. The molecule has 13 heteroatoms. The first-order chi connectivity index (χ1) is 24.5. The lowest BCUT2D eigenvalue weighted by molar-refractivity contribution is 0.0940. The Morgan fingerprint density at radius 2 is 0.922 bits per heavy atom. The molecule has 3 aromatic carbocycles. The van der Waals surface area contributed by atoms with Crippen LogP contribution in [0.2, 0.25) is 0 Å². The lowest BCUT2D eigenvalue weighted by Gasteiger charge is -2.09. The number of fused-ring (bicyclic) bond motifs is 3. The van der Waals surface area contributed by atoms with E-state index in [1.54, 1.807) is 48.5 Å². The van der Waals surface area contributed by atoms with Gasteiger partial charge in [-0.15, -0.1) is 0 Å². The van der Waals surface area contributed by atoms with Crippen molar-refractivity contribution in [2.45, 2.75) is 12.8 Å². The average molecular weight is 690 g/mol. The van der Waals surface area contributed by atoms with Gasteiger partial charge in [-0.3, -0.25) is 19.2 Å². The summed E-state index contributed by atoms with van der Waals surface area (Å²) < 4.78 is 0. The summed E-state index contributed by atoms with van der Waals surface area (Å²) in [6.45, 7) is 2.93. The van der Waals surface area contributed by atoms with E-state index in [0.717, 1.165) is 47.7 Å². The molecule has 6 rings (SSSR count). The lowest BCUT2D eigenvalue weighted by Crippen LogP contribution is -2.27. The van der Waals surface area contributed by atoms with Gasteiger partial charge in [-0.2, -0.15) is 0 Å². The van der Waals surface area contributed by atoms with Gasteiger partial charge in [-0.05, 0) is 127 Å². The van der Waals surface area contributed by atoms with Gasteiger partial charge in [0.2, 0.25) is 0 Å². The molecule has 264 valence electrons. The molecule has 0 unspecified atom stereocenters. The second-order valence-corrected chi connectivity index (χ2v) is 13.2. The van der Waals surface area contributed by atoms with Gasteiger partial charge in [-0.25, -0.2) is 0 Å². The monoisotopic (exact) mass is 689 g/mol. The summed E-state index contributed by atoms with van der Waals surface area (Å²) in [5, 5.41) is 14.0. The largest absolute Gasteiger partial charge is 0.351 e. The fourth-order valence-electron chi connectivity index (χ4n) is 5.85. The Morgan fingerprint density at radius 1 is 0.510 bits per heavy atom. The van der Waals surface area contributed by atoms with Gasteiger partial charge in [0.25, 0.3) is 23.6 Å². The normalized spacial score (nSPS) is 11.5. The summed E-state index contributed by atoms with van der Waals surface area (Å²) in [6.07, 6.45) is 1.70. The van der Waals surface area contributed by atoms with E-state index < -0.39 is 0 Å². The smallest absolute Gasteiger partial charge is 0.272 e. The maximum Gasteiger partial charge on any atom is 0.272 e. The molecule has 0 atom stereocenters. The second-order valence-electron chi connectivity index (χ2n) is 13.2. The van der Waals surface area contributed by atoms with Crippen LogP contribution in [0.25, 0.3) is 32.7 Å². The summed E-state index contributed by atoms with van der Waals surface area (Å²) in [5.41, 5.74) is 5.13. The Kier molecular flexibility index (Phi) is 10.5. The molecule has 51 heavy (non-hydrogen) atoms. The van der Waals surface area contributed by atoms with Crippen molar-refractivity contribution in [1.82, 2.24) is 35.4 Å². The van der Waals surface area contributed by atoms with Gasteiger partial charge in [0.15, 0.2) is 0 Å². The molecule has 0 saturated heterocycles. The zero-order valence-electron chi connectivity index (χ0n) is 29.2. The highest BCUT2D eigenvalue weighted by molar-refractivity contribution is 6.10. The number of rotatable bonds is 14. The first kappa shape index (κ1) is 34.9. The number of nitrogens with one attached hydrogen (secondary N) is 7. The second kappa shape index (κ2) is 15.3. The van der Waals surface area contributed by atoms with Gasteiger partial charge in [0.05, 0.1) is 0 Å². The number of hydrogen-bond donors (Lipinski definition) is 7. The number of carbonyl (C=O) groups is 4. The number of nitrogens with zero attached hydrogens (tertiary/aromatic N) is 2. The molecule has 0 radical (unpaired) electrons. The van der Waals surface area contributed by atoms with Crippen molar-refractivity contribution in [3.05, 3.63) is 95.4 Å². The third kappa shape index (κ3) is 8.63. The Bertz CT molecular complexity index is 2110. The number of amides is 4. The van der Waals surface area contributed by atoms with Gasteiger partial charge in [-0.1, -0.05) is 0 Å². The van der Waals surface area contributed by atoms with E-state index in [9.17, 15) is 19.2 Å². The number of aromatic nitrogens is 3. The van der Waals surface area contributed by atoms with Crippen LogP contribution in [0.15, 0.2) is 72.8 Å². The van der Waals surface area contributed by atoms with E-state index >= 15 is 0 Å². The minimum Gasteiger partial charge on any atom is -0.351 e. The summed E-state index contributed by atoms with van der Waals surface area (Å²) in [5.74, 6) is -0.997. The van der Waals surface area contributed by atoms with E-state index in [1.807, 2.05) is 52.5 Å². The van der Waals surface area contributed by atoms with Crippen molar-refractivity contribution in [3.63, 3.8) is 0 Å². The predicted octanol–water partition coefficient (Wildman–Crippen LogP) is 5.00. The van der Waals surface area contributed by atoms with E-state index in [1.165, 1.54) is 0 Å². The number of H-pyrrole nitrogens is 3. The molecule has 4 amide bonds. The van der Waals surface area contributed by atoms with Crippen molar-refractivity contribution in [2.75, 3.05) is 65.0 Å². The van der Waals surface area contributed by atoms with Crippen molar-refractivity contribution >= 4 is 67.7 Å². The third-order valence-electron chi connectivity index (χ3n) is 8.51. The summed E-state index contributed by atoms with van der Waals surface area (Å²) in [6, 6.07) is 21.2. The standard InChI is InChI=1S/C38H43N9O4/c1-46(2)15-5-13-39-36(49)32-21-25-18-27(8-11-30(25)43-32)41-35(48)23-7-10-29-24(17-23)20-34(45-29)38(51)42-28-9-12-31-26(19-28)22-33(44-31)37(50)40-14-6-16-47(3)4/h7-12,17-22,43-45H,5-6,13-16H2,1-4H3,(H,39,49)(H,40,50)(H,41,48)(H,42,51). The molecule has 6 aromatic rings. The number of anilines is 2. The van der Waals surface area contributed by atoms with Crippen LogP contribution >= 0.6 is 0 Å². The molecule has 0 spiro atoms. The number of hydrogen-bond acceptors (Lipinski definition) is 6. The maximum atomic E-state index is 13.2. The molecule has 0 aliphatic heterocycles. The Morgan fingerprint density at radius 3 is 1.39 bits per heavy atom. The van der Waals surface area contributed by atoms with Crippen LogP contribution in [0, 0.1) is 0 Å². The Labute approximate surface area is 295 Å². The van der Waals surface area contributed by atoms with E-state index in [4.69, 9.17) is 0 Å². The highest BCUT2D eigenvalue weighted by atomic mass is 16.2. The van der Waals surface area contributed by atoms with Gasteiger partial charge < -0.3 is 46.0 Å². The van der Waals surface area contributed by atoms with Gasteiger partial charge >= 0.3 is 0 Å². The van der Waals surface area contributed by atoms with Gasteiger partial charge in [0.1, 0.15) is 17.1 Å². The SMILES string of the molecule is CN(C)CCCNC(=O)c1cc2cc(NC(=O)c3ccc4[nH]c(C(=O)Nc5ccc6[nH]c(C(=O)NCCCN(C)C)cc6c5)cc4c3)ccc2[nH]1. The first-order valence-electron chi connectivity index (χ1n) is 16.9. The molecular formula is C38H43N9O4. The molecule has 3 aromatic heterocycles. The number of aromatic amines is 3. The summed E-state index contributed by atoms with van der Waals surface area (Å²) in [4.78, 5) is 65.2. The Hall–Kier alpha value is -5.92. The van der Waals surface area contributed by atoms with E-state index in [-0.39, 0.29) is 23.6 Å². The van der Waals surface area contributed by atoms with Crippen LogP contribution < -0.4 is 21.3 Å². The molecule has 0 bridgehead atoms. The van der Waals surface area contributed by atoms with Crippen molar-refractivity contribution in [3.8, 4) is 0 Å². The molecular weight excluding hydrogens is 646 g/mol. The fourth-order valence-corrected chi connectivity index (χ4v) is 5.85. The first-order valence-corrected chi connectivity index (χ1v) is 16.9. The lowest BCUT2D eigenvalue weighted by atomic mass is 10.1. The zero-order valence-corrected chi connectivity index (χ0v) is 29.2. The zero-order chi connectivity index (χ0) is 36.1. The Balaban J connectivity index is 1.07. The highest BCUT2D eigenvalue weighted by Crippen LogP contribution is 2.24. The minimum atomic E-state index is -0.340. The third-order valence-corrected chi connectivity index (χ3v) is 8.51. The number of benzene rings is 3. The van der Waals surface area contributed by atoms with Crippen LogP contribution in [0.3, 0.4) is 0 Å². The summed E-state index contributed by atoms with van der Waals surface area (Å²) in [7, 11) is 7.98. The van der Waals surface area contributed by atoms with Crippen molar-refractivity contribution in [2.24, 2.45) is 0 Å². The molecule has 0 fully saturated rings. The quantitative estimate of drug-likeness (QED) is 0.0794.